The standard InChI is InChI=1S/C7H9NO4/c1-10-6-3-5(12-8-6)4-7(9)11-2/h3H,4H2,1-2H3. The van der Waals surface area contributed by atoms with Gasteiger partial charge in [-0.15, -0.1) is 0 Å². The summed E-state index contributed by atoms with van der Waals surface area (Å²) >= 11 is 0. The van der Waals surface area contributed by atoms with Gasteiger partial charge in [-0.05, 0) is 5.16 Å². The van der Waals surface area contributed by atoms with Crippen molar-refractivity contribution in [3.05, 3.63) is 11.8 Å². The maximum atomic E-state index is 10.7. The van der Waals surface area contributed by atoms with Crippen molar-refractivity contribution < 1.29 is 18.8 Å². The number of nitrogens with zero attached hydrogens (tertiary/aromatic N) is 1. The fourth-order valence-corrected chi connectivity index (χ4v) is 0.688. The number of esters is 1. The van der Waals surface area contributed by atoms with E-state index >= 15 is 0 Å². The fraction of sp³-hybridized carbons (Fsp3) is 0.429. The zero-order valence-corrected chi connectivity index (χ0v) is 6.86. The molecule has 0 N–H and O–H groups in total. The van der Waals surface area contributed by atoms with Crippen molar-refractivity contribution in [2.45, 2.75) is 6.42 Å². The van der Waals surface area contributed by atoms with E-state index in [9.17, 15) is 4.79 Å². The number of hydrogen-bond acceptors (Lipinski definition) is 5. The Bertz CT molecular complexity index is 268. The van der Waals surface area contributed by atoms with Gasteiger partial charge in [-0.3, -0.25) is 4.79 Å². The molecule has 12 heavy (non-hydrogen) atoms. The molecule has 0 bridgehead atoms. The van der Waals surface area contributed by atoms with E-state index in [0.717, 1.165) is 0 Å². The minimum atomic E-state index is -0.367. The smallest absolute Gasteiger partial charge is 0.313 e. The number of aromatic nitrogens is 1. The highest BCUT2D eigenvalue weighted by Crippen LogP contribution is 2.10. The SMILES string of the molecule is COC(=O)Cc1cc(OC)no1. The first-order valence-corrected chi connectivity index (χ1v) is 3.32. The van der Waals surface area contributed by atoms with Crippen molar-refractivity contribution in [2.75, 3.05) is 14.2 Å². The van der Waals surface area contributed by atoms with Crippen molar-refractivity contribution in [1.29, 1.82) is 0 Å². The lowest BCUT2D eigenvalue weighted by molar-refractivity contribution is -0.140. The van der Waals surface area contributed by atoms with Crippen LogP contribution in [0.1, 0.15) is 5.76 Å². The number of carbonyl (C=O) groups excluding carboxylic acids is 1. The number of ether oxygens (including phenoxy) is 2. The summed E-state index contributed by atoms with van der Waals surface area (Å²) in [5.41, 5.74) is 0. The van der Waals surface area contributed by atoms with Gasteiger partial charge in [0.2, 0.25) is 0 Å². The summed E-state index contributed by atoms with van der Waals surface area (Å²) in [6.45, 7) is 0. The second-order valence-corrected chi connectivity index (χ2v) is 2.09. The predicted molar refractivity (Wildman–Crippen MR) is 38.8 cm³/mol. The molecule has 1 heterocycles. The quantitative estimate of drug-likeness (QED) is 0.616. The number of methoxy groups -OCH3 is 2. The Kier molecular flexibility index (Phi) is 2.68. The summed E-state index contributed by atoms with van der Waals surface area (Å²) in [6.07, 6.45) is 0.0762. The van der Waals surface area contributed by atoms with Gasteiger partial charge in [-0.1, -0.05) is 0 Å². The molecule has 0 atom stereocenters. The molecule has 66 valence electrons. The lowest BCUT2D eigenvalue weighted by Crippen LogP contribution is -2.03. The van der Waals surface area contributed by atoms with Crippen molar-refractivity contribution in [3.8, 4) is 5.88 Å². The largest absolute Gasteiger partial charge is 0.479 e. The molecule has 0 aromatic carbocycles. The molecule has 5 nitrogen and oxygen atoms in total. The Morgan fingerprint density at radius 3 is 2.92 bits per heavy atom. The van der Waals surface area contributed by atoms with Gasteiger partial charge in [0.1, 0.15) is 6.42 Å². The van der Waals surface area contributed by atoms with Gasteiger partial charge in [-0.25, -0.2) is 0 Å². The summed E-state index contributed by atoms with van der Waals surface area (Å²) in [5.74, 6) is 0.418. The first kappa shape index (κ1) is 8.58. The van der Waals surface area contributed by atoms with Crippen LogP contribution < -0.4 is 4.74 Å². The molecule has 0 spiro atoms. The third kappa shape index (κ3) is 1.98. The van der Waals surface area contributed by atoms with Crippen LogP contribution in [0.5, 0.6) is 5.88 Å². The summed E-state index contributed by atoms with van der Waals surface area (Å²) in [6, 6.07) is 1.54. The highest BCUT2D eigenvalue weighted by atomic mass is 16.5. The molecule has 0 aliphatic heterocycles. The summed E-state index contributed by atoms with van der Waals surface area (Å²) in [5, 5.41) is 3.52. The van der Waals surface area contributed by atoms with E-state index in [-0.39, 0.29) is 12.4 Å². The zero-order valence-electron chi connectivity index (χ0n) is 6.86. The number of carbonyl (C=O) groups is 1. The lowest BCUT2D eigenvalue weighted by atomic mass is 10.3. The monoisotopic (exact) mass is 171 g/mol. The molecule has 1 rings (SSSR count). The molecular formula is C7H9NO4. The normalized spacial score (nSPS) is 9.50. The molecule has 5 heteroatoms. The Morgan fingerprint density at radius 1 is 1.67 bits per heavy atom. The van der Waals surface area contributed by atoms with Crippen LogP contribution in [-0.4, -0.2) is 25.3 Å². The molecule has 0 saturated heterocycles. The second kappa shape index (κ2) is 3.75. The highest BCUT2D eigenvalue weighted by molar-refractivity contribution is 5.71. The third-order valence-corrected chi connectivity index (χ3v) is 1.29. The van der Waals surface area contributed by atoms with E-state index in [1.54, 1.807) is 0 Å². The molecule has 0 radical (unpaired) electrons. The van der Waals surface area contributed by atoms with E-state index < -0.39 is 0 Å². The topological polar surface area (TPSA) is 61.6 Å². The Labute approximate surface area is 69.2 Å². The molecular weight excluding hydrogens is 162 g/mol. The zero-order chi connectivity index (χ0) is 8.97. The fourth-order valence-electron chi connectivity index (χ4n) is 0.688. The maximum Gasteiger partial charge on any atom is 0.313 e. The summed E-state index contributed by atoms with van der Waals surface area (Å²) in [7, 11) is 2.79. The van der Waals surface area contributed by atoms with Crippen LogP contribution in [0.15, 0.2) is 10.6 Å². The average Bonchev–Trinajstić information content (AvgIpc) is 2.52. The molecule has 1 aromatic rings. The highest BCUT2D eigenvalue weighted by Gasteiger charge is 2.08. The van der Waals surface area contributed by atoms with E-state index in [4.69, 9.17) is 9.26 Å². The van der Waals surface area contributed by atoms with Crippen molar-refractivity contribution in [2.24, 2.45) is 0 Å². The van der Waals surface area contributed by atoms with E-state index in [1.807, 2.05) is 0 Å². The number of rotatable bonds is 3. The van der Waals surface area contributed by atoms with Crippen molar-refractivity contribution in [1.82, 2.24) is 5.16 Å². The minimum absolute atomic E-state index is 0.0762. The maximum absolute atomic E-state index is 10.7. The Morgan fingerprint density at radius 2 is 2.42 bits per heavy atom. The molecule has 0 aliphatic carbocycles. The van der Waals surface area contributed by atoms with E-state index in [1.165, 1.54) is 20.3 Å². The molecule has 0 saturated carbocycles. The van der Waals surface area contributed by atoms with Crippen LogP contribution >= 0.6 is 0 Å². The van der Waals surface area contributed by atoms with Crippen molar-refractivity contribution >= 4 is 5.97 Å². The van der Waals surface area contributed by atoms with Crippen LogP contribution in [0.25, 0.3) is 0 Å². The summed E-state index contributed by atoms with van der Waals surface area (Å²) in [4.78, 5) is 10.7. The van der Waals surface area contributed by atoms with Crippen LogP contribution in [0.3, 0.4) is 0 Å². The van der Waals surface area contributed by atoms with Gasteiger partial charge in [0.15, 0.2) is 5.76 Å². The molecule has 1 aromatic heterocycles. The molecule has 0 aliphatic rings. The van der Waals surface area contributed by atoms with E-state index in [0.29, 0.717) is 11.6 Å². The van der Waals surface area contributed by atoms with E-state index in [2.05, 4.69) is 9.89 Å². The molecule has 0 fully saturated rings. The van der Waals surface area contributed by atoms with Gasteiger partial charge in [0.25, 0.3) is 5.88 Å². The first-order chi connectivity index (χ1) is 5.76. The van der Waals surface area contributed by atoms with Gasteiger partial charge in [0.05, 0.1) is 14.2 Å². The Balaban J connectivity index is 2.58. The lowest BCUT2D eigenvalue weighted by Gasteiger charge is -1.91. The second-order valence-electron chi connectivity index (χ2n) is 2.09. The van der Waals surface area contributed by atoms with Crippen LogP contribution in [0, 0.1) is 0 Å². The van der Waals surface area contributed by atoms with Gasteiger partial charge < -0.3 is 14.0 Å². The van der Waals surface area contributed by atoms with Gasteiger partial charge >= 0.3 is 5.97 Å². The van der Waals surface area contributed by atoms with Gasteiger partial charge in [-0.2, -0.15) is 0 Å². The van der Waals surface area contributed by atoms with Crippen LogP contribution in [-0.2, 0) is 16.0 Å². The first-order valence-electron chi connectivity index (χ1n) is 3.32. The minimum Gasteiger partial charge on any atom is -0.479 e. The average molecular weight is 171 g/mol. The van der Waals surface area contributed by atoms with Crippen LogP contribution in [0.4, 0.5) is 0 Å². The van der Waals surface area contributed by atoms with Crippen molar-refractivity contribution in [3.63, 3.8) is 0 Å². The summed E-state index contributed by atoms with van der Waals surface area (Å²) < 4.78 is 13.9. The predicted octanol–water partition coefficient (Wildman–Crippen LogP) is 0.399. The van der Waals surface area contributed by atoms with Crippen LogP contribution in [0.2, 0.25) is 0 Å². The Hall–Kier alpha value is -1.52. The number of hydrogen-bond donors (Lipinski definition) is 0. The molecule has 0 unspecified atom stereocenters. The van der Waals surface area contributed by atoms with Gasteiger partial charge in [0, 0.05) is 6.07 Å². The third-order valence-electron chi connectivity index (χ3n) is 1.29. The molecule has 0 amide bonds.